The molecule has 1 heterocycles. The standard InChI is InChI=1S/C10H13N3/c1-8-5-12-9(13-6-8)10(3-4-10)7-11-2/h5-6H,2-4,7H2,1H3. The monoisotopic (exact) mass is 175 g/mol. The molecule has 1 fully saturated rings. The largest absolute Gasteiger partial charge is 0.300 e. The average molecular weight is 175 g/mol. The molecular weight excluding hydrogens is 162 g/mol. The van der Waals surface area contributed by atoms with E-state index in [2.05, 4.69) is 21.7 Å². The minimum atomic E-state index is 0.134. The molecule has 0 aromatic carbocycles. The maximum absolute atomic E-state index is 4.33. The second-order valence-electron chi connectivity index (χ2n) is 3.75. The van der Waals surface area contributed by atoms with Crippen LogP contribution in [0, 0.1) is 6.92 Å². The Labute approximate surface area is 77.9 Å². The van der Waals surface area contributed by atoms with E-state index in [9.17, 15) is 0 Å². The Morgan fingerprint density at radius 1 is 1.46 bits per heavy atom. The topological polar surface area (TPSA) is 38.1 Å². The van der Waals surface area contributed by atoms with E-state index < -0.39 is 0 Å². The van der Waals surface area contributed by atoms with Gasteiger partial charge >= 0.3 is 0 Å². The van der Waals surface area contributed by atoms with Gasteiger partial charge in [-0.05, 0) is 32.0 Å². The van der Waals surface area contributed by atoms with E-state index in [1.807, 2.05) is 19.3 Å². The number of aromatic nitrogens is 2. The summed E-state index contributed by atoms with van der Waals surface area (Å²) in [5.41, 5.74) is 1.24. The zero-order chi connectivity index (χ0) is 9.31. The third kappa shape index (κ3) is 1.46. The zero-order valence-corrected chi connectivity index (χ0v) is 7.82. The van der Waals surface area contributed by atoms with E-state index in [0.717, 1.165) is 30.8 Å². The normalized spacial score (nSPS) is 18.2. The van der Waals surface area contributed by atoms with Gasteiger partial charge in [0.2, 0.25) is 0 Å². The number of aryl methyl sites for hydroxylation is 1. The van der Waals surface area contributed by atoms with E-state index >= 15 is 0 Å². The van der Waals surface area contributed by atoms with Crippen LogP contribution in [0.4, 0.5) is 0 Å². The molecule has 1 saturated carbocycles. The SMILES string of the molecule is C=NCC1(c2ncc(C)cn2)CC1. The molecule has 1 aliphatic carbocycles. The molecule has 1 aromatic rings. The fraction of sp³-hybridized carbons (Fsp3) is 0.500. The predicted octanol–water partition coefficient (Wildman–Crippen LogP) is 1.52. The molecule has 68 valence electrons. The van der Waals surface area contributed by atoms with Crippen molar-refractivity contribution in [2.24, 2.45) is 4.99 Å². The lowest BCUT2D eigenvalue weighted by molar-refractivity contribution is 0.650. The van der Waals surface area contributed by atoms with Crippen LogP contribution < -0.4 is 0 Å². The van der Waals surface area contributed by atoms with Crippen LogP contribution in [-0.2, 0) is 5.41 Å². The van der Waals surface area contributed by atoms with Gasteiger partial charge in [0.25, 0.3) is 0 Å². The molecule has 0 aliphatic heterocycles. The molecular formula is C10H13N3. The van der Waals surface area contributed by atoms with Gasteiger partial charge in [-0.1, -0.05) is 0 Å². The van der Waals surface area contributed by atoms with Crippen LogP contribution in [0.25, 0.3) is 0 Å². The van der Waals surface area contributed by atoms with Gasteiger partial charge < -0.3 is 0 Å². The molecule has 0 bridgehead atoms. The van der Waals surface area contributed by atoms with Gasteiger partial charge in [-0.3, -0.25) is 4.99 Å². The number of nitrogens with zero attached hydrogens (tertiary/aromatic N) is 3. The van der Waals surface area contributed by atoms with E-state index in [4.69, 9.17) is 0 Å². The quantitative estimate of drug-likeness (QED) is 0.653. The molecule has 0 amide bonds. The Kier molecular flexibility index (Phi) is 1.87. The summed E-state index contributed by atoms with van der Waals surface area (Å²) in [6.45, 7) is 6.28. The summed E-state index contributed by atoms with van der Waals surface area (Å²) in [6.07, 6.45) is 6.03. The highest BCUT2D eigenvalue weighted by atomic mass is 14.9. The third-order valence-electron chi connectivity index (χ3n) is 2.52. The first-order valence-corrected chi connectivity index (χ1v) is 4.48. The van der Waals surface area contributed by atoms with Crippen LogP contribution >= 0.6 is 0 Å². The fourth-order valence-electron chi connectivity index (χ4n) is 1.48. The van der Waals surface area contributed by atoms with E-state index in [-0.39, 0.29) is 5.41 Å². The molecule has 0 unspecified atom stereocenters. The van der Waals surface area contributed by atoms with Crippen molar-refractivity contribution in [1.82, 2.24) is 9.97 Å². The lowest BCUT2D eigenvalue weighted by Crippen LogP contribution is -2.14. The number of rotatable bonds is 3. The molecule has 0 atom stereocenters. The van der Waals surface area contributed by atoms with Crippen molar-refractivity contribution in [2.75, 3.05) is 6.54 Å². The molecule has 0 spiro atoms. The van der Waals surface area contributed by atoms with Crippen molar-refractivity contribution in [3.63, 3.8) is 0 Å². The predicted molar refractivity (Wildman–Crippen MR) is 52.1 cm³/mol. The first-order valence-electron chi connectivity index (χ1n) is 4.48. The molecule has 1 aliphatic rings. The van der Waals surface area contributed by atoms with Crippen molar-refractivity contribution in [3.05, 3.63) is 23.8 Å². The summed E-state index contributed by atoms with van der Waals surface area (Å²) in [6, 6.07) is 0. The fourth-order valence-corrected chi connectivity index (χ4v) is 1.48. The number of hydrogen-bond acceptors (Lipinski definition) is 3. The van der Waals surface area contributed by atoms with Gasteiger partial charge in [-0.25, -0.2) is 9.97 Å². The molecule has 1 aromatic heterocycles. The molecule has 0 saturated heterocycles. The molecule has 2 rings (SSSR count). The molecule has 0 radical (unpaired) electrons. The van der Waals surface area contributed by atoms with Gasteiger partial charge in [0.1, 0.15) is 5.82 Å². The van der Waals surface area contributed by atoms with Gasteiger partial charge in [0, 0.05) is 17.8 Å². The van der Waals surface area contributed by atoms with Crippen LogP contribution in [0.1, 0.15) is 24.2 Å². The summed E-state index contributed by atoms with van der Waals surface area (Å²) in [5.74, 6) is 0.936. The summed E-state index contributed by atoms with van der Waals surface area (Å²) >= 11 is 0. The van der Waals surface area contributed by atoms with E-state index in [1.165, 1.54) is 0 Å². The highest BCUT2D eigenvalue weighted by Crippen LogP contribution is 2.46. The van der Waals surface area contributed by atoms with Gasteiger partial charge in [0.15, 0.2) is 0 Å². The van der Waals surface area contributed by atoms with Crippen LogP contribution in [0.3, 0.4) is 0 Å². The van der Waals surface area contributed by atoms with Crippen molar-refractivity contribution in [3.8, 4) is 0 Å². The number of aliphatic imine (C=N–C) groups is 1. The smallest absolute Gasteiger partial charge is 0.136 e. The van der Waals surface area contributed by atoms with Gasteiger partial charge in [0.05, 0.1) is 6.54 Å². The molecule has 13 heavy (non-hydrogen) atoms. The van der Waals surface area contributed by atoms with Crippen LogP contribution in [0.2, 0.25) is 0 Å². The minimum Gasteiger partial charge on any atom is -0.300 e. The second kappa shape index (κ2) is 2.91. The minimum absolute atomic E-state index is 0.134. The first kappa shape index (κ1) is 8.35. The lowest BCUT2D eigenvalue weighted by Gasteiger charge is -2.09. The summed E-state index contributed by atoms with van der Waals surface area (Å²) in [4.78, 5) is 12.6. The Balaban J connectivity index is 2.25. The third-order valence-corrected chi connectivity index (χ3v) is 2.52. The Morgan fingerprint density at radius 3 is 2.54 bits per heavy atom. The molecule has 3 nitrogen and oxygen atoms in total. The Hall–Kier alpha value is -1.25. The highest BCUT2D eigenvalue weighted by Gasteiger charge is 2.46. The summed E-state index contributed by atoms with van der Waals surface area (Å²) in [7, 11) is 0. The highest BCUT2D eigenvalue weighted by molar-refractivity contribution is 5.27. The molecule has 0 N–H and O–H groups in total. The second-order valence-corrected chi connectivity index (χ2v) is 3.75. The van der Waals surface area contributed by atoms with Crippen LogP contribution in [-0.4, -0.2) is 23.2 Å². The van der Waals surface area contributed by atoms with Crippen molar-refractivity contribution in [2.45, 2.75) is 25.2 Å². The van der Waals surface area contributed by atoms with Gasteiger partial charge in [-0.15, -0.1) is 0 Å². The van der Waals surface area contributed by atoms with Crippen LogP contribution in [0.5, 0.6) is 0 Å². The Morgan fingerprint density at radius 2 is 2.08 bits per heavy atom. The van der Waals surface area contributed by atoms with Crippen molar-refractivity contribution in [1.29, 1.82) is 0 Å². The summed E-state index contributed by atoms with van der Waals surface area (Å²) < 4.78 is 0. The van der Waals surface area contributed by atoms with E-state index in [0.29, 0.717) is 0 Å². The van der Waals surface area contributed by atoms with Crippen molar-refractivity contribution < 1.29 is 0 Å². The molecule has 3 heteroatoms. The van der Waals surface area contributed by atoms with Crippen molar-refractivity contribution >= 4 is 6.72 Å². The Bertz CT molecular complexity index is 311. The van der Waals surface area contributed by atoms with E-state index in [1.54, 1.807) is 0 Å². The van der Waals surface area contributed by atoms with Crippen LogP contribution in [0.15, 0.2) is 17.4 Å². The lowest BCUT2D eigenvalue weighted by atomic mass is 10.1. The van der Waals surface area contributed by atoms with Gasteiger partial charge in [-0.2, -0.15) is 0 Å². The maximum atomic E-state index is 4.33. The number of hydrogen-bond donors (Lipinski definition) is 0. The average Bonchev–Trinajstić information content (AvgIpc) is 2.87. The first-order chi connectivity index (χ1) is 6.27. The summed E-state index contributed by atoms with van der Waals surface area (Å²) in [5, 5.41) is 0. The zero-order valence-electron chi connectivity index (χ0n) is 7.82. The maximum Gasteiger partial charge on any atom is 0.136 e.